The van der Waals surface area contributed by atoms with Gasteiger partial charge in [0.25, 0.3) is 0 Å². The van der Waals surface area contributed by atoms with E-state index in [1.165, 1.54) is 0 Å². The molecule has 12 bridgehead atoms. The van der Waals surface area contributed by atoms with E-state index in [0.717, 1.165) is 57.8 Å². The van der Waals surface area contributed by atoms with E-state index in [2.05, 4.69) is 18.9 Å². The van der Waals surface area contributed by atoms with E-state index < -0.39 is 151 Å². The average molecular weight is 1310 g/mol. The minimum atomic E-state index is -4.58. The molecule has 12 aliphatic carbocycles. The fourth-order valence-electron chi connectivity index (χ4n) is 16.5. The molecule has 0 aliphatic heterocycles. The van der Waals surface area contributed by atoms with Gasteiger partial charge >= 0.3 is 77.6 Å². The lowest BCUT2D eigenvalue weighted by Gasteiger charge is -2.55. The van der Waals surface area contributed by atoms with Gasteiger partial charge in [-0.25, -0.2) is 14.4 Å². The van der Waals surface area contributed by atoms with E-state index in [4.69, 9.17) is 23.7 Å². The first-order valence-corrected chi connectivity index (χ1v) is 32.6. The zero-order valence-corrected chi connectivity index (χ0v) is 53.4. The standard InChI is InChI=1S/C22H30F4O6.C22H32F2O6.C21H30F2O6/c1-3-13(2)17(27)30-4-5-31-19(29)21(23,24)12-22(25,26)32-18(28)20-9-14-6-15(10-20)8-16(7-14)11-20;1-4-20(2,3)17(25)28-5-6-29-19(27)22(23,24)13-30-18(26)21-10-14-7-15(11-21)9-16(8-14)12-21;1-3-13(2)17(24)27-4-5-28-19(26)21(22,23)12-29-18(25)20-9-14-6-15(10-20)8-16(7-14)11-20/h13-16H,3-12H2,1-2H3;14-16H,4-13H2,1-3H3;13-16H,3-12H2,1-2H3. The molecule has 12 rings (SSSR count). The molecule has 91 heavy (non-hydrogen) atoms. The maximum Gasteiger partial charge on any atom is 0.406 e. The second-order valence-electron chi connectivity index (χ2n) is 28.8. The summed E-state index contributed by atoms with van der Waals surface area (Å²) in [6.45, 7) is 6.72. The predicted molar refractivity (Wildman–Crippen MR) is 303 cm³/mol. The number of rotatable bonds is 28. The lowest BCUT2D eigenvalue weighted by atomic mass is 9.49. The van der Waals surface area contributed by atoms with Crippen molar-refractivity contribution >= 4 is 53.7 Å². The van der Waals surface area contributed by atoms with Crippen molar-refractivity contribution in [1.82, 2.24) is 0 Å². The zero-order chi connectivity index (χ0) is 67.1. The number of hydrogen-bond donors (Lipinski definition) is 0. The molecule has 0 spiro atoms. The lowest BCUT2D eigenvalue weighted by molar-refractivity contribution is -0.271. The van der Waals surface area contributed by atoms with Gasteiger partial charge in [0.1, 0.15) is 46.1 Å². The number of ether oxygens (including phenoxy) is 9. The van der Waals surface area contributed by atoms with Crippen molar-refractivity contribution in [3.63, 3.8) is 0 Å². The zero-order valence-electron chi connectivity index (χ0n) is 53.4. The van der Waals surface area contributed by atoms with Crippen LogP contribution in [0.1, 0.15) is 190 Å². The highest BCUT2D eigenvalue weighted by molar-refractivity contribution is 5.82. The van der Waals surface area contributed by atoms with E-state index in [9.17, 15) is 78.3 Å². The van der Waals surface area contributed by atoms with Crippen molar-refractivity contribution in [3.05, 3.63) is 0 Å². The first kappa shape index (κ1) is 73.1. The maximum atomic E-state index is 14.2. The van der Waals surface area contributed by atoms with Crippen LogP contribution < -0.4 is 0 Å². The minimum Gasteiger partial charge on any atom is -0.462 e. The molecule has 2 atom stereocenters. The molecule has 18 nitrogen and oxygen atoms in total. The molecule has 0 aromatic heterocycles. The van der Waals surface area contributed by atoms with Crippen LogP contribution in [0.5, 0.6) is 0 Å². The molecule has 26 heteroatoms. The highest BCUT2D eigenvalue weighted by Gasteiger charge is 2.61. The van der Waals surface area contributed by atoms with Gasteiger partial charge in [-0.1, -0.05) is 34.6 Å². The third kappa shape index (κ3) is 18.5. The number of carbonyl (C=O) groups excluding carboxylic acids is 9. The molecule has 0 saturated heterocycles. The van der Waals surface area contributed by atoms with Crippen molar-refractivity contribution in [2.75, 3.05) is 52.9 Å². The molecule has 12 aliphatic rings. The van der Waals surface area contributed by atoms with Crippen molar-refractivity contribution in [2.24, 2.45) is 86.8 Å². The summed E-state index contributed by atoms with van der Waals surface area (Å²) < 4.78 is 155. The molecule has 0 radical (unpaired) electrons. The molecule has 12 fully saturated rings. The monoisotopic (exact) mass is 1310 g/mol. The van der Waals surface area contributed by atoms with Crippen molar-refractivity contribution in [3.8, 4) is 0 Å². The van der Waals surface area contributed by atoms with Crippen LogP contribution in [0.3, 0.4) is 0 Å². The summed E-state index contributed by atoms with van der Waals surface area (Å²) in [7, 11) is 0. The normalized spacial score (nSPS) is 30.4. The van der Waals surface area contributed by atoms with E-state index in [-0.39, 0.29) is 36.9 Å². The molecule has 0 heterocycles. The Morgan fingerprint density at radius 1 is 0.374 bits per heavy atom. The first-order chi connectivity index (χ1) is 42.5. The van der Waals surface area contributed by atoms with Crippen molar-refractivity contribution in [1.29, 1.82) is 0 Å². The SMILES string of the molecule is CCC(C)(C)C(=O)OCCOC(=O)C(F)(F)COC(=O)C12CC3CC(CC(C3)C1)C2.CCC(C)C(=O)OCCOC(=O)C(F)(F)CC(F)(F)OC(=O)C12CC3CC(CC(C3)C1)C2.CCC(C)C(=O)OCCOC(=O)C(F)(F)COC(=O)C12CC3CC(CC(C3)C1)C2. The summed E-state index contributed by atoms with van der Waals surface area (Å²) >= 11 is 0. The fraction of sp³-hybridized carbons (Fsp3) is 0.862. The molecule has 12 saturated carbocycles. The van der Waals surface area contributed by atoms with Gasteiger partial charge in [-0.3, -0.25) is 28.8 Å². The highest BCUT2D eigenvalue weighted by Crippen LogP contribution is 2.63. The first-order valence-electron chi connectivity index (χ1n) is 32.6. The van der Waals surface area contributed by atoms with Crippen LogP contribution in [-0.2, 0) is 85.8 Å². The van der Waals surface area contributed by atoms with Gasteiger partial charge in [-0.05, 0) is 202 Å². The second kappa shape index (κ2) is 29.5. The van der Waals surface area contributed by atoms with E-state index in [1.807, 2.05) is 13.8 Å². The summed E-state index contributed by atoms with van der Waals surface area (Å²) in [5.41, 5.74) is -3.04. The Bertz CT molecular complexity index is 2520. The molecule has 0 aromatic carbocycles. The summed E-state index contributed by atoms with van der Waals surface area (Å²) in [6, 6.07) is 0. The fourth-order valence-corrected chi connectivity index (χ4v) is 16.5. The summed E-state index contributed by atoms with van der Waals surface area (Å²) in [5, 5.41) is 0. The molecular formula is C65H92F8O18. The topological polar surface area (TPSA) is 237 Å². The van der Waals surface area contributed by atoms with Gasteiger partial charge < -0.3 is 42.6 Å². The highest BCUT2D eigenvalue weighted by atomic mass is 19.3. The number of halogens is 8. The molecule has 0 amide bonds. The van der Waals surface area contributed by atoms with Crippen LogP contribution in [0.15, 0.2) is 0 Å². The minimum absolute atomic E-state index is 0.285. The maximum absolute atomic E-state index is 14.2. The number of esters is 9. The Balaban J connectivity index is 0.000000194. The van der Waals surface area contributed by atoms with Crippen LogP contribution in [0.4, 0.5) is 35.1 Å². The van der Waals surface area contributed by atoms with Gasteiger partial charge in [0.15, 0.2) is 13.2 Å². The molecular weight excluding hydrogens is 1220 g/mol. The third-order valence-electron chi connectivity index (χ3n) is 20.9. The van der Waals surface area contributed by atoms with Crippen LogP contribution in [0.2, 0.25) is 0 Å². The number of carbonyl (C=O) groups is 9. The summed E-state index contributed by atoms with van der Waals surface area (Å²) in [4.78, 5) is 108. The Hall–Kier alpha value is -5.33. The average Bonchev–Trinajstić information content (AvgIpc) is 0.774. The quantitative estimate of drug-likeness (QED) is 0.0306. The number of hydrogen-bond acceptors (Lipinski definition) is 18. The largest absolute Gasteiger partial charge is 0.462 e. The Kier molecular flexibility index (Phi) is 23.7. The van der Waals surface area contributed by atoms with Gasteiger partial charge in [-0.2, -0.15) is 35.1 Å². The van der Waals surface area contributed by atoms with E-state index in [0.29, 0.717) is 113 Å². The van der Waals surface area contributed by atoms with Gasteiger partial charge in [0.05, 0.1) is 33.5 Å². The number of alkyl halides is 8. The smallest absolute Gasteiger partial charge is 0.406 e. The van der Waals surface area contributed by atoms with Crippen LogP contribution in [-0.4, -0.2) is 130 Å². The Morgan fingerprint density at radius 3 is 0.901 bits per heavy atom. The van der Waals surface area contributed by atoms with Crippen LogP contribution >= 0.6 is 0 Å². The molecule has 516 valence electrons. The second-order valence-corrected chi connectivity index (χ2v) is 28.8. The van der Waals surface area contributed by atoms with E-state index >= 15 is 0 Å². The third-order valence-corrected chi connectivity index (χ3v) is 20.9. The predicted octanol–water partition coefficient (Wildman–Crippen LogP) is 11.9. The van der Waals surface area contributed by atoms with Crippen molar-refractivity contribution < 1.29 is 121 Å². The van der Waals surface area contributed by atoms with Crippen molar-refractivity contribution in [2.45, 2.75) is 214 Å². The van der Waals surface area contributed by atoms with Crippen LogP contribution in [0.25, 0.3) is 0 Å². The Labute approximate surface area is 526 Å². The Morgan fingerprint density at radius 2 is 0.626 bits per heavy atom. The molecule has 2 unspecified atom stereocenters. The van der Waals surface area contributed by atoms with Crippen LogP contribution in [0, 0.1) is 86.8 Å². The van der Waals surface area contributed by atoms with Gasteiger partial charge in [0.2, 0.25) is 0 Å². The van der Waals surface area contributed by atoms with Gasteiger partial charge in [0, 0.05) is 0 Å². The van der Waals surface area contributed by atoms with E-state index in [1.54, 1.807) is 34.6 Å². The molecule has 0 N–H and O–H groups in total. The van der Waals surface area contributed by atoms with Gasteiger partial charge in [-0.15, -0.1) is 0 Å². The summed E-state index contributed by atoms with van der Waals surface area (Å²) in [5.74, 6) is -19.1. The summed E-state index contributed by atoms with van der Waals surface area (Å²) in [6.07, 6.45) is 10.0. The molecule has 0 aromatic rings. The lowest BCUT2D eigenvalue weighted by Crippen LogP contribution is -2.52.